The molecule has 0 aromatic heterocycles. The van der Waals surface area contributed by atoms with Crippen LogP contribution in [0.15, 0.2) is 42.0 Å². The van der Waals surface area contributed by atoms with Crippen LogP contribution < -0.4 is 0 Å². The molecule has 0 spiro atoms. The molecular formula is C17H21NO4. The number of likely N-dealkylation sites (tertiary alicyclic amines) is 1. The van der Waals surface area contributed by atoms with E-state index in [4.69, 9.17) is 0 Å². The van der Waals surface area contributed by atoms with Crippen LogP contribution in [-0.2, 0) is 11.3 Å². The number of aliphatic hydroxyl groups is 3. The summed E-state index contributed by atoms with van der Waals surface area (Å²) in [5.41, 5.74) is -0.185. The number of rotatable bonds is 2. The zero-order valence-electron chi connectivity index (χ0n) is 12.7. The number of hydrogen-bond donors (Lipinski definition) is 3. The molecule has 0 unspecified atom stereocenters. The van der Waals surface area contributed by atoms with Crippen LogP contribution in [-0.4, -0.2) is 50.0 Å². The third-order valence-corrected chi connectivity index (χ3v) is 5.05. The van der Waals surface area contributed by atoms with Gasteiger partial charge in [-0.05, 0) is 25.0 Å². The Balaban J connectivity index is 1.96. The summed E-state index contributed by atoms with van der Waals surface area (Å²) in [6, 6.07) is 8.93. The zero-order chi connectivity index (χ0) is 16.1. The number of fused-ring (bicyclic) bond motifs is 1. The van der Waals surface area contributed by atoms with E-state index in [-0.39, 0.29) is 5.91 Å². The van der Waals surface area contributed by atoms with Crippen molar-refractivity contribution < 1.29 is 20.1 Å². The fraction of sp³-hybridized carbons (Fsp3) is 0.471. The van der Waals surface area contributed by atoms with Gasteiger partial charge in [0, 0.05) is 6.54 Å². The van der Waals surface area contributed by atoms with E-state index < -0.39 is 29.8 Å². The van der Waals surface area contributed by atoms with Gasteiger partial charge in [-0.25, -0.2) is 0 Å². The number of nitrogens with zero attached hydrogens (tertiary/aromatic N) is 1. The molecule has 1 aliphatic carbocycles. The first-order valence-electron chi connectivity index (χ1n) is 7.48. The molecule has 1 aliphatic heterocycles. The second-order valence-electron chi connectivity index (χ2n) is 6.29. The first-order chi connectivity index (χ1) is 10.4. The Kier molecular flexibility index (Phi) is 3.59. The Morgan fingerprint density at radius 3 is 2.50 bits per heavy atom. The lowest BCUT2D eigenvalue weighted by Crippen LogP contribution is -2.60. The van der Waals surface area contributed by atoms with E-state index in [0.717, 1.165) is 5.56 Å². The quantitative estimate of drug-likeness (QED) is 0.693. The van der Waals surface area contributed by atoms with Crippen LogP contribution in [0.3, 0.4) is 0 Å². The Morgan fingerprint density at radius 2 is 1.86 bits per heavy atom. The van der Waals surface area contributed by atoms with Crippen LogP contribution in [0.1, 0.15) is 19.4 Å². The monoisotopic (exact) mass is 303 g/mol. The van der Waals surface area contributed by atoms with Crippen LogP contribution in [0.5, 0.6) is 0 Å². The molecule has 2 aliphatic rings. The lowest BCUT2D eigenvalue weighted by atomic mass is 9.72. The van der Waals surface area contributed by atoms with Crippen molar-refractivity contribution in [3.8, 4) is 0 Å². The van der Waals surface area contributed by atoms with Crippen molar-refractivity contribution in [1.82, 2.24) is 4.90 Å². The molecule has 1 amide bonds. The van der Waals surface area contributed by atoms with Crippen molar-refractivity contribution in [2.45, 2.75) is 44.2 Å². The predicted octanol–water partition coefficient (Wildman–Crippen LogP) is 0.446. The van der Waals surface area contributed by atoms with Gasteiger partial charge in [-0.1, -0.05) is 36.4 Å². The van der Waals surface area contributed by atoms with E-state index in [0.29, 0.717) is 12.1 Å². The number of benzene rings is 1. The molecule has 1 aromatic rings. The van der Waals surface area contributed by atoms with Crippen LogP contribution in [0.4, 0.5) is 0 Å². The smallest absolute Gasteiger partial charge is 0.233 e. The Hall–Kier alpha value is -1.69. The van der Waals surface area contributed by atoms with Crippen molar-refractivity contribution in [2.24, 2.45) is 5.92 Å². The average Bonchev–Trinajstić information content (AvgIpc) is 2.70. The molecule has 22 heavy (non-hydrogen) atoms. The van der Waals surface area contributed by atoms with Crippen molar-refractivity contribution in [2.75, 3.05) is 0 Å². The van der Waals surface area contributed by atoms with Gasteiger partial charge in [0.25, 0.3) is 0 Å². The molecule has 3 N–H and O–H groups in total. The summed E-state index contributed by atoms with van der Waals surface area (Å²) in [7, 11) is 0. The normalized spacial score (nSPS) is 38.0. The summed E-state index contributed by atoms with van der Waals surface area (Å²) in [6.07, 6.45) is -0.934. The summed E-state index contributed by atoms with van der Waals surface area (Å²) >= 11 is 0. The highest BCUT2D eigenvalue weighted by Gasteiger charge is 2.62. The number of hydrogen-bond acceptors (Lipinski definition) is 4. The molecule has 5 heteroatoms. The van der Waals surface area contributed by atoms with Crippen LogP contribution in [0, 0.1) is 5.92 Å². The minimum Gasteiger partial charge on any atom is -0.387 e. The summed E-state index contributed by atoms with van der Waals surface area (Å²) < 4.78 is 0. The van der Waals surface area contributed by atoms with E-state index in [1.54, 1.807) is 24.8 Å². The topological polar surface area (TPSA) is 81.0 Å². The molecule has 118 valence electrons. The van der Waals surface area contributed by atoms with E-state index in [1.807, 2.05) is 30.3 Å². The molecule has 1 saturated heterocycles. The van der Waals surface area contributed by atoms with Crippen molar-refractivity contribution in [3.05, 3.63) is 47.5 Å². The number of aliphatic hydroxyl groups excluding tert-OH is 2. The minimum absolute atomic E-state index is 0.218. The maximum atomic E-state index is 12.7. The van der Waals surface area contributed by atoms with E-state index in [1.165, 1.54) is 0 Å². The van der Waals surface area contributed by atoms with Gasteiger partial charge in [0.05, 0.1) is 12.0 Å². The minimum atomic E-state index is -1.66. The van der Waals surface area contributed by atoms with E-state index in [2.05, 4.69) is 0 Å². The largest absolute Gasteiger partial charge is 0.387 e. The van der Waals surface area contributed by atoms with Gasteiger partial charge in [0.1, 0.15) is 17.8 Å². The molecule has 0 bridgehead atoms. The summed E-state index contributed by atoms with van der Waals surface area (Å²) in [6.45, 7) is 3.74. The van der Waals surface area contributed by atoms with Gasteiger partial charge >= 0.3 is 0 Å². The molecular weight excluding hydrogens is 282 g/mol. The Bertz CT molecular complexity index is 614. The average molecular weight is 303 g/mol. The predicted molar refractivity (Wildman–Crippen MR) is 80.7 cm³/mol. The summed E-state index contributed by atoms with van der Waals surface area (Å²) in [5.74, 6) is -1.03. The second kappa shape index (κ2) is 5.19. The Labute approximate surface area is 129 Å². The van der Waals surface area contributed by atoms with Crippen LogP contribution in [0.2, 0.25) is 0 Å². The van der Waals surface area contributed by atoms with Crippen LogP contribution in [0.25, 0.3) is 0 Å². The van der Waals surface area contributed by atoms with Gasteiger partial charge in [-0.3, -0.25) is 4.79 Å². The SMILES string of the molecule is CC1=C[C@@H]2C(=O)N(Cc3ccccc3)[C@@H](C)[C@]2(O)[C@H](O)[C@@H]1O. The van der Waals surface area contributed by atoms with Crippen molar-refractivity contribution in [1.29, 1.82) is 0 Å². The highest BCUT2D eigenvalue weighted by atomic mass is 16.4. The number of carbonyl (C=O) groups is 1. The third kappa shape index (κ3) is 2.00. The molecule has 3 rings (SSSR count). The van der Waals surface area contributed by atoms with Gasteiger partial charge in [0.2, 0.25) is 5.91 Å². The van der Waals surface area contributed by atoms with Crippen LogP contribution >= 0.6 is 0 Å². The standard InChI is InChI=1S/C17H21NO4/c1-10-8-13-16(21)18(9-12-6-4-3-5-7-12)11(2)17(13,22)15(20)14(10)19/h3-8,11,13-15,19-20,22H,9H2,1-2H3/t11-,13+,14+,15+,17+/m0/s1. The zero-order valence-corrected chi connectivity index (χ0v) is 12.7. The maximum Gasteiger partial charge on any atom is 0.233 e. The first-order valence-corrected chi connectivity index (χ1v) is 7.48. The second-order valence-corrected chi connectivity index (χ2v) is 6.29. The van der Waals surface area contributed by atoms with Gasteiger partial charge in [-0.15, -0.1) is 0 Å². The molecule has 0 radical (unpaired) electrons. The molecule has 1 aromatic carbocycles. The molecule has 1 fully saturated rings. The molecule has 1 heterocycles. The van der Waals surface area contributed by atoms with E-state index >= 15 is 0 Å². The van der Waals surface area contributed by atoms with Crippen molar-refractivity contribution >= 4 is 5.91 Å². The number of carbonyl (C=O) groups excluding carboxylic acids is 1. The maximum absolute atomic E-state index is 12.7. The lowest BCUT2D eigenvalue weighted by Gasteiger charge is -2.41. The number of amides is 1. The van der Waals surface area contributed by atoms with Gasteiger partial charge in [0.15, 0.2) is 0 Å². The lowest BCUT2D eigenvalue weighted by molar-refractivity contribution is -0.149. The molecule has 5 atom stereocenters. The highest BCUT2D eigenvalue weighted by molar-refractivity contribution is 5.86. The first kappa shape index (κ1) is 15.2. The fourth-order valence-electron chi connectivity index (χ4n) is 3.57. The summed E-state index contributed by atoms with van der Waals surface area (Å²) in [5, 5.41) is 31.3. The highest BCUT2D eigenvalue weighted by Crippen LogP contribution is 2.44. The van der Waals surface area contributed by atoms with Crippen molar-refractivity contribution in [3.63, 3.8) is 0 Å². The van der Waals surface area contributed by atoms with Gasteiger partial charge in [-0.2, -0.15) is 0 Å². The fourth-order valence-corrected chi connectivity index (χ4v) is 3.57. The summed E-state index contributed by atoms with van der Waals surface area (Å²) in [4.78, 5) is 14.3. The van der Waals surface area contributed by atoms with E-state index in [9.17, 15) is 20.1 Å². The molecule has 0 saturated carbocycles. The Morgan fingerprint density at radius 1 is 1.23 bits per heavy atom. The molecule has 5 nitrogen and oxygen atoms in total. The van der Waals surface area contributed by atoms with Gasteiger partial charge < -0.3 is 20.2 Å². The third-order valence-electron chi connectivity index (χ3n) is 5.05.